The van der Waals surface area contributed by atoms with Gasteiger partial charge in [0.05, 0.1) is 24.3 Å². The number of nitrogens with one attached hydrogen (secondary N) is 1. The SMILES string of the molecule is CCCn1cncc1CN[C@H](C)c1ccco1. The fraction of sp³-hybridized carbons (Fsp3) is 0.462. The Morgan fingerprint density at radius 1 is 1.53 bits per heavy atom. The number of imidazole rings is 1. The molecule has 0 spiro atoms. The molecule has 0 aromatic carbocycles. The minimum atomic E-state index is 0.218. The van der Waals surface area contributed by atoms with E-state index in [1.54, 1.807) is 6.26 Å². The molecule has 0 amide bonds. The summed E-state index contributed by atoms with van der Waals surface area (Å²) in [5, 5.41) is 3.43. The summed E-state index contributed by atoms with van der Waals surface area (Å²) >= 11 is 0. The highest BCUT2D eigenvalue weighted by Crippen LogP contribution is 2.13. The first-order chi connectivity index (χ1) is 8.31. The standard InChI is InChI=1S/C13H19N3O/c1-3-6-16-10-14-8-12(16)9-15-11(2)13-5-4-7-17-13/h4-5,7-8,10-11,15H,3,6,9H2,1-2H3/t11-/m1/s1. The first kappa shape index (κ1) is 11.9. The van der Waals surface area contributed by atoms with Crippen LogP contribution in [0.3, 0.4) is 0 Å². The van der Waals surface area contributed by atoms with E-state index in [9.17, 15) is 0 Å². The minimum Gasteiger partial charge on any atom is -0.468 e. The molecule has 2 heterocycles. The van der Waals surface area contributed by atoms with Crippen LogP contribution in [0.2, 0.25) is 0 Å². The minimum absolute atomic E-state index is 0.218. The molecule has 0 radical (unpaired) electrons. The molecule has 0 aliphatic heterocycles. The van der Waals surface area contributed by atoms with Gasteiger partial charge in [0, 0.05) is 19.3 Å². The van der Waals surface area contributed by atoms with Crippen molar-refractivity contribution >= 4 is 0 Å². The van der Waals surface area contributed by atoms with Gasteiger partial charge >= 0.3 is 0 Å². The van der Waals surface area contributed by atoms with E-state index >= 15 is 0 Å². The lowest BCUT2D eigenvalue weighted by molar-refractivity contribution is 0.425. The monoisotopic (exact) mass is 233 g/mol. The topological polar surface area (TPSA) is 43.0 Å². The van der Waals surface area contributed by atoms with E-state index < -0.39 is 0 Å². The van der Waals surface area contributed by atoms with Crippen LogP contribution in [0.1, 0.15) is 37.8 Å². The molecule has 0 aliphatic rings. The number of aromatic nitrogens is 2. The van der Waals surface area contributed by atoms with Gasteiger partial charge in [0.25, 0.3) is 0 Å². The second-order valence-electron chi connectivity index (χ2n) is 4.20. The molecule has 2 rings (SSSR count). The van der Waals surface area contributed by atoms with Gasteiger partial charge in [-0.2, -0.15) is 0 Å². The van der Waals surface area contributed by atoms with E-state index in [1.807, 2.05) is 24.7 Å². The predicted octanol–water partition coefficient (Wildman–Crippen LogP) is 2.74. The van der Waals surface area contributed by atoms with Crippen LogP contribution in [0, 0.1) is 0 Å². The second-order valence-corrected chi connectivity index (χ2v) is 4.20. The van der Waals surface area contributed by atoms with Crippen molar-refractivity contribution in [3.05, 3.63) is 42.4 Å². The van der Waals surface area contributed by atoms with E-state index in [-0.39, 0.29) is 6.04 Å². The van der Waals surface area contributed by atoms with E-state index in [1.165, 1.54) is 5.69 Å². The average molecular weight is 233 g/mol. The van der Waals surface area contributed by atoms with E-state index in [0.717, 1.165) is 25.3 Å². The van der Waals surface area contributed by atoms with Crippen molar-refractivity contribution in [2.45, 2.75) is 39.4 Å². The molecule has 0 saturated carbocycles. The van der Waals surface area contributed by atoms with Crippen molar-refractivity contribution in [1.82, 2.24) is 14.9 Å². The van der Waals surface area contributed by atoms with Crippen LogP contribution in [-0.4, -0.2) is 9.55 Å². The van der Waals surface area contributed by atoms with Crippen molar-refractivity contribution in [3.63, 3.8) is 0 Å². The van der Waals surface area contributed by atoms with Gasteiger partial charge in [-0.25, -0.2) is 4.98 Å². The Kier molecular flexibility index (Phi) is 3.98. The maximum absolute atomic E-state index is 5.36. The van der Waals surface area contributed by atoms with Crippen LogP contribution in [0.5, 0.6) is 0 Å². The highest BCUT2D eigenvalue weighted by atomic mass is 16.3. The molecule has 1 N–H and O–H groups in total. The van der Waals surface area contributed by atoms with Gasteiger partial charge in [0.15, 0.2) is 0 Å². The third-order valence-corrected chi connectivity index (χ3v) is 2.82. The first-order valence-corrected chi connectivity index (χ1v) is 6.07. The van der Waals surface area contributed by atoms with Gasteiger partial charge in [-0.05, 0) is 25.5 Å². The fourth-order valence-electron chi connectivity index (χ4n) is 1.83. The molecule has 4 nitrogen and oxygen atoms in total. The molecule has 17 heavy (non-hydrogen) atoms. The third kappa shape index (κ3) is 2.97. The summed E-state index contributed by atoms with van der Waals surface area (Å²) in [4.78, 5) is 4.18. The Labute approximate surface area is 102 Å². The van der Waals surface area contributed by atoms with Crippen molar-refractivity contribution in [2.75, 3.05) is 0 Å². The summed E-state index contributed by atoms with van der Waals surface area (Å²) in [6, 6.07) is 4.12. The van der Waals surface area contributed by atoms with E-state index in [2.05, 4.69) is 28.7 Å². The van der Waals surface area contributed by atoms with Crippen molar-refractivity contribution in [3.8, 4) is 0 Å². The number of hydrogen-bond acceptors (Lipinski definition) is 3. The molecule has 4 heteroatoms. The molecule has 92 valence electrons. The maximum atomic E-state index is 5.36. The van der Waals surface area contributed by atoms with Gasteiger partial charge in [0.1, 0.15) is 5.76 Å². The summed E-state index contributed by atoms with van der Waals surface area (Å²) < 4.78 is 7.54. The van der Waals surface area contributed by atoms with Crippen molar-refractivity contribution in [1.29, 1.82) is 0 Å². The zero-order valence-electron chi connectivity index (χ0n) is 10.4. The van der Waals surface area contributed by atoms with Gasteiger partial charge in [-0.3, -0.25) is 0 Å². The second kappa shape index (κ2) is 5.68. The van der Waals surface area contributed by atoms with Crippen molar-refractivity contribution < 1.29 is 4.42 Å². The smallest absolute Gasteiger partial charge is 0.120 e. The summed E-state index contributed by atoms with van der Waals surface area (Å²) in [6.07, 6.45) is 6.63. The summed E-state index contributed by atoms with van der Waals surface area (Å²) in [7, 11) is 0. The third-order valence-electron chi connectivity index (χ3n) is 2.82. The van der Waals surface area contributed by atoms with Crippen LogP contribution in [0.4, 0.5) is 0 Å². The molecule has 2 aromatic rings. The van der Waals surface area contributed by atoms with Gasteiger partial charge in [0.2, 0.25) is 0 Å². The fourth-order valence-corrected chi connectivity index (χ4v) is 1.83. The number of hydrogen-bond donors (Lipinski definition) is 1. The Balaban J connectivity index is 1.91. The highest BCUT2D eigenvalue weighted by Gasteiger charge is 2.08. The summed E-state index contributed by atoms with van der Waals surface area (Å²) in [6.45, 7) is 6.09. The molecule has 0 fully saturated rings. The molecule has 0 unspecified atom stereocenters. The lowest BCUT2D eigenvalue weighted by Crippen LogP contribution is -2.19. The predicted molar refractivity (Wildman–Crippen MR) is 66.5 cm³/mol. The van der Waals surface area contributed by atoms with E-state index in [0.29, 0.717) is 0 Å². The lowest BCUT2D eigenvalue weighted by atomic mass is 10.2. The zero-order chi connectivity index (χ0) is 12.1. The molecule has 2 aromatic heterocycles. The quantitative estimate of drug-likeness (QED) is 0.834. The number of nitrogens with zero attached hydrogens (tertiary/aromatic N) is 2. The van der Waals surface area contributed by atoms with Gasteiger partial charge in [-0.1, -0.05) is 6.92 Å². The van der Waals surface area contributed by atoms with Crippen LogP contribution in [-0.2, 0) is 13.1 Å². The lowest BCUT2D eigenvalue weighted by Gasteiger charge is -2.12. The Morgan fingerprint density at radius 2 is 2.41 bits per heavy atom. The zero-order valence-corrected chi connectivity index (χ0v) is 10.4. The summed E-state index contributed by atoms with van der Waals surface area (Å²) in [5.74, 6) is 0.964. The molecule has 0 bridgehead atoms. The summed E-state index contributed by atoms with van der Waals surface area (Å²) in [5.41, 5.74) is 1.21. The number of rotatable bonds is 6. The van der Waals surface area contributed by atoms with Gasteiger partial charge in [-0.15, -0.1) is 0 Å². The van der Waals surface area contributed by atoms with E-state index in [4.69, 9.17) is 4.42 Å². The molecular formula is C13H19N3O. The Hall–Kier alpha value is -1.55. The van der Waals surface area contributed by atoms with Crippen LogP contribution in [0.25, 0.3) is 0 Å². The van der Waals surface area contributed by atoms with Gasteiger partial charge < -0.3 is 14.3 Å². The van der Waals surface area contributed by atoms with Crippen LogP contribution >= 0.6 is 0 Å². The highest BCUT2D eigenvalue weighted by molar-refractivity contribution is 5.04. The molecular weight excluding hydrogens is 214 g/mol. The Bertz CT molecular complexity index is 433. The Morgan fingerprint density at radius 3 is 3.12 bits per heavy atom. The normalized spacial score (nSPS) is 12.8. The van der Waals surface area contributed by atoms with Crippen LogP contribution in [0.15, 0.2) is 35.3 Å². The largest absolute Gasteiger partial charge is 0.468 e. The molecule has 0 aliphatic carbocycles. The maximum Gasteiger partial charge on any atom is 0.120 e. The number of aryl methyl sites for hydroxylation is 1. The number of furan rings is 1. The average Bonchev–Trinajstić information content (AvgIpc) is 2.97. The molecule has 1 atom stereocenters. The molecule has 0 saturated heterocycles. The van der Waals surface area contributed by atoms with Crippen LogP contribution < -0.4 is 5.32 Å². The first-order valence-electron chi connectivity index (χ1n) is 6.07. The van der Waals surface area contributed by atoms with Crippen molar-refractivity contribution in [2.24, 2.45) is 0 Å².